The predicted molar refractivity (Wildman–Crippen MR) is 71.9 cm³/mol. The van der Waals surface area contributed by atoms with Gasteiger partial charge in [-0.05, 0) is 51.1 Å². The molecular formula is C14H28N2O. The van der Waals surface area contributed by atoms with Crippen LogP contribution in [0.2, 0.25) is 0 Å². The Morgan fingerprint density at radius 1 is 1.47 bits per heavy atom. The lowest BCUT2D eigenvalue weighted by Gasteiger charge is -2.33. The van der Waals surface area contributed by atoms with Crippen molar-refractivity contribution >= 4 is 5.91 Å². The molecule has 1 aliphatic rings. The van der Waals surface area contributed by atoms with Crippen LogP contribution < -0.4 is 5.32 Å². The molecule has 17 heavy (non-hydrogen) atoms. The zero-order chi connectivity index (χ0) is 12.7. The molecule has 0 spiro atoms. The van der Waals surface area contributed by atoms with Crippen molar-refractivity contribution < 1.29 is 4.79 Å². The van der Waals surface area contributed by atoms with E-state index >= 15 is 0 Å². The molecule has 1 atom stereocenters. The molecule has 1 unspecified atom stereocenters. The Morgan fingerprint density at radius 3 is 2.88 bits per heavy atom. The van der Waals surface area contributed by atoms with Crippen LogP contribution in [0.25, 0.3) is 0 Å². The molecule has 1 amide bonds. The van der Waals surface area contributed by atoms with Gasteiger partial charge in [-0.25, -0.2) is 0 Å². The fourth-order valence-corrected chi connectivity index (χ4v) is 2.73. The number of carbonyl (C=O) groups is 1. The number of nitrogens with one attached hydrogen (secondary N) is 1. The van der Waals surface area contributed by atoms with Crippen molar-refractivity contribution in [1.29, 1.82) is 0 Å². The summed E-state index contributed by atoms with van der Waals surface area (Å²) in [4.78, 5) is 14.1. The first-order chi connectivity index (χ1) is 8.13. The molecule has 0 aliphatic carbocycles. The average molecular weight is 240 g/mol. The third-order valence-corrected chi connectivity index (χ3v) is 3.49. The third kappa shape index (κ3) is 5.53. The van der Waals surface area contributed by atoms with E-state index in [9.17, 15) is 4.79 Å². The highest BCUT2D eigenvalue weighted by molar-refractivity contribution is 5.76. The molecule has 0 aromatic carbocycles. The lowest BCUT2D eigenvalue weighted by Crippen LogP contribution is -2.40. The van der Waals surface area contributed by atoms with Crippen LogP contribution in [-0.4, -0.2) is 37.5 Å². The minimum Gasteiger partial charge on any atom is -0.342 e. The Bertz CT molecular complexity index is 228. The first-order valence-electron chi connectivity index (χ1n) is 7.05. The minimum absolute atomic E-state index is 0.355. The van der Waals surface area contributed by atoms with Crippen molar-refractivity contribution in [2.45, 2.75) is 46.0 Å². The summed E-state index contributed by atoms with van der Waals surface area (Å²) in [6.07, 6.45) is 5.42. The Morgan fingerprint density at radius 2 is 2.24 bits per heavy atom. The average Bonchev–Trinajstić information content (AvgIpc) is 2.28. The number of piperidine rings is 1. The summed E-state index contributed by atoms with van der Waals surface area (Å²) in [7, 11) is 1.93. The molecule has 1 heterocycles. The number of rotatable bonds is 6. The molecule has 3 heteroatoms. The minimum atomic E-state index is 0.355. The van der Waals surface area contributed by atoms with Crippen LogP contribution in [0.3, 0.4) is 0 Å². The summed E-state index contributed by atoms with van der Waals surface area (Å²) in [5, 5.41) is 3.09. The van der Waals surface area contributed by atoms with E-state index in [2.05, 4.69) is 24.1 Å². The molecule has 0 saturated carbocycles. The largest absolute Gasteiger partial charge is 0.342 e. The summed E-state index contributed by atoms with van der Waals surface area (Å²) in [6.45, 7) is 7.46. The smallest absolute Gasteiger partial charge is 0.222 e. The van der Waals surface area contributed by atoms with Crippen molar-refractivity contribution in [2.75, 3.05) is 26.7 Å². The molecule has 100 valence electrons. The second kappa shape index (κ2) is 7.70. The van der Waals surface area contributed by atoms with Gasteiger partial charge in [-0.2, -0.15) is 0 Å². The van der Waals surface area contributed by atoms with E-state index in [1.54, 1.807) is 0 Å². The molecule has 0 aromatic heterocycles. The standard InChI is InChI=1S/C14H28N2O/c1-12(2)10-13-6-5-9-16(11-13)14(17)7-4-8-15-3/h12-13,15H,4-11H2,1-3H3. The molecule has 0 aromatic rings. The summed E-state index contributed by atoms with van der Waals surface area (Å²) in [5.41, 5.74) is 0. The zero-order valence-corrected chi connectivity index (χ0v) is 11.7. The second-order valence-corrected chi connectivity index (χ2v) is 5.68. The van der Waals surface area contributed by atoms with Gasteiger partial charge in [-0.15, -0.1) is 0 Å². The highest BCUT2D eigenvalue weighted by Gasteiger charge is 2.23. The van der Waals surface area contributed by atoms with E-state index in [0.29, 0.717) is 12.3 Å². The topological polar surface area (TPSA) is 32.3 Å². The van der Waals surface area contributed by atoms with Gasteiger partial charge in [0.05, 0.1) is 0 Å². The Hall–Kier alpha value is -0.570. The molecular weight excluding hydrogens is 212 g/mol. The van der Waals surface area contributed by atoms with Crippen LogP contribution in [0.4, 0.5) is 0 Å². The number of amides is 1. The van der Waals surface area contributed by atoms with Gasteiger partial charge in [0.2, 0.25) is 5.91 Å². The molecule has 1 fully saturated rings. The Balaban J connectivity index is 2.30. The summed E-state index contributed by atoms with van der Waals surface area (Å²) in [6, 6.07) is 0. The van der Waals surface area contributed by atoms with Crippen LogP contribution in [0.1, 0.15) is 46.0 Å². The maximum Gasteiger partial charge on any atom is 0.222 e. The number of hydrogen-bond acceptors (Lipinski definition) is 2. The van der Waals surface area contributed by atoms with Crippen LogP contribution >= 0.6 is 0 Å². The normalized spacial score (nSPS) is 20.9. The van der Waals surface area contributed by atoms with Gasteiger partial charge in [-0.1, -0.05) is 13.8 Å². The highest BCUT2D eigenvalue weighted by Crippen LogP contribution is 2.23. The predicted octanol–water partition coefficient (Wildman–Crippen LogP) is 2.27. The van der Waals surface area contributed by atoms with Crippen LogP contribution in [0.15, 0.2) is 0 Å². The maximum absolute atomic E-state index is 12.0. The van der Waals surface area contributed by atoms with Crippen molar-refractivity contribution in [1.82, 2.24) is 10.2 Å². The van der Waals surface area contributed by atoms with Crippen molar-refractivity contribution in [3.8, 4) is 0 Å². The molecule has 1 N–H and O–H groups in total. The Labute approximate surface area is 106 Å². The van der Waals surface area contributed by atoms with E-state index < -0.39 is 0 Å². The van der Waals surface area contributed by atoms with E-state index in [4.69, 9.17) is 0 Å². The SMILES string of the molecule is CNCCCC(=O)N1CCCC(CC(C)C)C1. The number of nitrogens with zero attached hydrogens (tertiary/aromatic N) is 1. The van der Waals surface area contributed by atoms with Gasteiger partial charge in [-0.3, -0.25) is 4.79 Å². The van der Waals surface area contributed by atoms with E-state index in [1.807, 2.05) is 7.05 Å². The van der Waals surface area contributed by atoms with Crippen molar-refractivity contribution in [2.24, 2.45) is 11.8 Å². The summed E-state index contributed by atoms with van der Waals surface area (Å²) < 4.78 is 0. The fourth-order valence-electron chi connectivity index (χ4n) is 2.73. The zero-order valence-electron chi connectivity index (χ0n) is 11.7. The van der Waals surface area contributed by atoms with Gasteiger partial charge < -0.3 is 10.2 Å². The lowest BCUT2D eigenvalue weighted by atomic mass is 9.89. The van der Waals surface area contributed by atoms with Gasteiger partial charge in [0.25, 0.3) is 0 Å². The third-order valence-electron chi connectivity index (χ3n) is 3.49. The first kappa shape index (κ1) is 14.5. The summed E-state index contributed by atoms with van der Waals surface area (Å²) in [5.74, 6) is 1.84. The van der Waals surface area contributed by atoms with Crippen LogP contribution in [0, 0.1) is 11.8 Å². The monoisotopic (exact) mass is 240 g/mol. The molecule has 3 nitrogen and oxygen atoms in total. The molecule has 0 radical (unpaired) electrons. The highest BCUT2D eigenvalue weighted by atomic mass is 16.2. The quantitative estimate of drug-likeness (QED) is 0.722. The molecule has 1 rings (SSSR count). The van der Waals surface area contributed by atoms with E-state index in [1.165, 1.54) is 19.3 Å². The van der Waals surface area contributed by atoms with Crippen LogP contribution in [-0.2, 0) is 4.79 Å². The number of hydrogen-bond donors (Lipinski definition) is 1. The van der Waals surface area contributed by atoms with Gasteiger partial charge in [0.1, 0.15) is 0 Å². The molecule has 1 saturated heterocycles. The number of likely N-dealkylation sites (tertiary alicyclic amines) is 1. The molecule has 1 aliphatic heterocycles. The fraction of sp³-hybridized carbons (Fsp3) is 0.929. The van der Waals surface area contributed by atoms with Crippen LogP contribution in [0.5, 0.6) is 0 Å². The number of carbonyl (C=O) groups excluding carboxylic acids is 1. The lowest BCUT2D eigenvalue weighted by molar-refractivity contribution is -0.133. The van der Waals surface area contributed by atoms with E-state index in [-0.39, 0.29) is 0 Å². The maximum atomic E-state index is 12.0. The Kier molecular flexibility index (Phi) is 6.56. The second-order valence-electron chi connectivity index (χ2n) is 5.68. The van der Waals surface area contributed by atoms with Gasteiger partial charge in [0.15, 0.2) is 0 Å². The van der Waals surface area contributed by atoms with Crippen molar-refractivity contribution in [3.63, 3.8) is 0 Å². The van der Waals surface area contributed by atoms with Gasteiger partial charge >= 0.3 is 0 Å². The van der Waals surface area contributed by atoms with Crippen molar-refractivity contribution in [3.05, 3.63) is 0 Å². The van der Waals surface area contributed by atoms with Gasteiger partial charge in [0, 0.05) is 19.5 Å². The van der Waals surface area contributed by atoms with E-state index in [0.717, 1.165) is 37.9 Å². The summed E-state index contributed by atoms with van der Waals surface area (Å²) >= 11 is 0. The first-order valence-corrected chi connectivity index (χ1v) is 7.05. The molecule has 0 bridgehead atoms.